The second-order valence-electron chi connectivity index (χ2n) is 4.39. The number of aromatic nitrogens is 3. The molecule has 2 aromatic rings. The van der Waals surface area contributed by atoms with E-state index in [1.54, 1.807) is 29.5 Å². The van der Waals surface area contributed by atoms with Gasteiger partial charge in [0.25, 0.3) is 5.91 Å². The molecule has 106 valence electrons. The maximum atomic E-state index is 11.9. The number of carbonyl (C=O) groups excluding carboxylic acids is 1. The first-order valence-electron chi connectivity index (χ1n) is 6.75. The van der Waals surface area contributed by atoms with E-state index in [-0.39, 0.29) is 5.91 Å². The lowest BCUT2D eigenvalue weighted by Crippen LogP contribution is -2.31. The maximum Gasteiger partial charge on any atom is 0.254 e. The molecule has 0 bridgehead atoms. The standard InChI is InChI=1S/C14H19N5O/c1-2-5-15-7-8-17-14(20)12-9-18-19(11-12)13-4-3-6-16-10-13/h3-4,6,9-11,15H,2,5,7-8H2,1H3,(H,17,20). The number of rotatable bonds is 7. The fraction of sp³-hybridized carbons (Fsp3) is 0.357. The molecule has 0 aliphatic carbocycles. The molecule has 2 rings (SSSR count). The Morgan fingerprint density at radius 3 is 2.95 bits per heavy atom. The summed E-state index contributed by atoms with van der Waals surface area (Å²) < 4.78 is 1.64. The lowest BCUT2D eigenvalue weighted by atomic mass is 10.3. The topological polar surface area (TPSA) is 71.8 Å². The van der Waals surface area contributed by atoms with Crippen LogP contribution in [0, 0.1) is 0 Å². The Bertz CT molecular complexity index is 538. The highest BCUT2D eigenvalue weighted by molar-refractivity contribution is 5.93. The van der Waals surface area contributed by atoms with Crippen LogP contribution in [-0.2, 0) is 0 Å². The molecule has 6 heteroatoms. The van der Waals surface area contributed by atoms with Gasteiger partial charge in [-0.15, -0.1) is 0 Å². The Labute approximate surface area is 118 Å². The third kappa shape index (κ3) is 3.89. The molecule has 2 aromatic heterocycles. The second kappa shape index (κ2) is 7.40. The van der Waals surface area contributed by atoms with Crippen LogP contribution in [0.4, 0.5) is 0 Å². The van der Waals surface area contributed by atoms with Crippen LogP contribution in [0.1, 0.15) is 23.7 Å². The third-order valence-corrected chi connectivity index (χ3v) is 2.77. The number of pyridine rings is 1. The van der Waals surface area contributed by atoms with Gasteiger partial charge >= 0.3 is 0 Å². The summed E-state index contributed by atoms with van der Waals surface area (Å²) >= 11 is 0. The van der Waals surface area contributed by atoms with Crippen molar-refractivity contribution >= 4 is 5.91 Å². The first-order chi connectivity index (χ1) is 9.81. The number of carbonyl (C=O) groups is 1. The molecule has 0 aliphatic heterocycles. The summed E-state index contributed by atoms with van der Waals surface area (Å²) in [6.45, 7) is 4.46. The minimum Gasteiger partial charge on any atom is -0.351 e. The third-order valence-electron chi connectivity index (χ3n) is 2.77. The predicted molar refractivity (Wildman–Crippen MR) is 76.9 cm³/mol. The van der Waals surface area contributed by atoms with E-state index >= 15 is 0 Å². The van der Waals surface area contributed by atoms with Crippen molar-refractivity contribution in [2.45, 2.75) is 13.3 Å². The van der Waals surface area contributed by atoms with Crippen molar-refractivity contribution in [3.05, 3.63) is 42.5 Å². The molecule has 1 amide bonds. The van der Waals surface area contributed by atoms with E-state index in [0.717, 1.165) is 25.2 Å². The highest BCUT2D eigenvalue weighted by Gasteiger charge is 2.08. The van der Waals surface area contributed by atoms with Crippen molar-refractivity contribution in [2.75, 3.05) is 19.6 Å². The largest absolute Gasteiger partial charge is 0.351 e. The van der Waals surface area contributed by atoms with Crippen LogP contribution in [0.5, 0.6) is 0 Å². The molecule has 0 saturated heterocycles. The van der Waals surface area contributed by atoms with E-state index in [0.29, 0.717) is 12.1 Å². The van der Waals surface area contributed by atoms with Crippen molar-refractivity contribution in [1.29, 1.82) is 0 Å². The molecule has 0 aromatic carbocycles. The van der Waals surface area contributed by atoms with Crippen molar-refractivity contribution in [3.8, 4) is 5.69 Å². The van der Waals surface area contributed by atoms with Gasteiger partial charge in [0.1, 0.15) is 0 Å². The highest BCUT2D eigenvalue weighted by Crippen LogP contribution is 2.05. The van der Waals surface area contributed by atoms with E-state index in [2.05, 4.69) is 27.6 Å². The van der Waals surface area contributed by atoms with Crippen LogP contribution in [0.25, 0.3) is 5.69 Å². The Balaban J connectivity index is 1.87. The summed E-state index contributed by atoms with van der Waals surface area (Å²) in [7, 11) is 0. The van der Waals surface area contributed by atoms with Gasteiger partial charge in [-0.2, -0.15) is 5.10 Å². The minimum atomic E-state index is -0.113. The van der Waals surface area contributed by atoms with Crippen LogP contribution >= 0.6 is 0 Å². The fourth-order valence-corrected chi connectivity index (χ4v) is 1.74. The number of amides is 1. The van der Waals surface area contributed by atoms with Gasteiger partial charge < -0.3 is 10.6 Å². The van der Waals surface area contributed by atoms with Crippen molar-refractivity contribution < 1.29 is 4.79 Å². The zero-order chi connectivity index (χ0) is 14.2. The van der Waals surface area contributed by atoms with Crippen LogP contribution in [0.3, 0.4) is 0 Å². The van der Waals surface area contributed by atoms with E-state index in [1.165, 1.54) is 0 Å². The SMILES string of the molecule is CCCNCCNC(=O)c1cnn(-c2cccnc2)c1. The first-order valence-corrected chi connectivity index (χ1v) is 6.75. The van der Waals surface area contributed by atoms with Gasteiger partial charge in [0.05, 0.1) is 23.6 Å². The average Bonchev–Trinajstić information content (AvgIpc) is 2.98. The van der Waals surface area contributed by atoms with E-state index in [1.807, 2.05) is 12.1 Å². The van der Waals surface area contributed by atoms with E-state index in [9.17, 15) is 4.79 Å². The van der Waals surface area contributed by atoms with Gasteiger partial charge in [0.2, 0.25) is 0 Å². The number of nitrogens with one attached hydrogen (secondary N) is 2. The smallest absolute Gasteiger partial charge is 0.254 e. The summed E-state index contributed by atoms with van der Waals surface area (Å²) in [5.74, 6) is -0.113. The molecule has 0 fully saturated rings. The molecule has 0 radical (unpaired) electrons. The zero-order valence-electron chi connectivity index (χ0n) is 11.5. The van der Waals surface area contributed by atoms with E-state index in [4.69, 9.17) is 0 Å². The monoisotopic (exact) mass is 273 g/mol. The summed E-state index contributed by atoms with van der Waals surface area (Å²) in [6.07, 6.45) is 7.74. The molecule has 2 N–H and O–H groups in total. The first kappa shape index (κ1) is 14.2. The molecule has 0 aliphatic rings. The molecule has 20 heavy (non-hydrogen) atoms. The van der Waals surface area contributed by atoms with E-state index < -0.39 is 0 Å². The Kier molecular flexibility index (Phi) is 5.25. The van der Waals surface area contributed by atoms with Crippen LogP contribution in [0.15, 0.2) is 36.9 Å². The summed E-state index contributed by atoms with van der Waals surface area (Å²) in [5.41, 5.74) is 1.38. The molecule has 0 atom stereocenters. The second-order valence-corrected chi connectivity index (χ2v) is 4.39. The van der Waals surface area contributed by atoms with Crippen molar-refractivity contribution in [2.24, 2.45) is 0 Å². The van der Waals surface area contributed by atoms with Crippen LogP contribution in [-0.4, -0.2) is 40.3 Å². The Morgan fingerprint density at radius 2 is 2.20 bits per heavy atom. The zero-order valence-corrected chi connectivity index (χ0v) is 11.5. The number of hydrogen-bond donors (Lipinski definition) is 2. The molecular formula is C14H19N5O. The van der Waals surface area contributed by atoms with Gasteiger partial charge in [-0.05, 0) is 25.1 Å². The van der Waals surface area contributed by atoms with Gasteiger partial charge in [0.15, 0.2) is 0 Å². The van der Waals surface area contributed by atoms with Crippen molar-refractivity contribution in [1.82, 2.24) is 25.4 Å². The lowest BCUT2D eigenvalue weighted by Gasteiger charge is -2.04. The van der Waals surface area contributed by atoms with Gasteiger partial charge in [-0.1, -0.05) is 6.92 Å². The Hall–Kier alpha value is -2.21. The molecule has 0 unspecified atom stereocenters. The molecule has 0 spiro atoms. The minimum absolute atomic E-state index is 0.113. The fourth-order valence-electron chi connectivity index (χ4n) is 1.74. The lowest BCUT2D eigenvalue weighted by molar-refractivity contribution is 0.0954. The molecule has 6 nitrogen and oxygen atoms in total. The van der Waals surface area contributed by atoms with Gasteiger partial charge in [0, 0.05) is 25.5 Å². The average molecular weight is 273 g/mol. The highest BCUT2D eigenvalue weighted by atomic mass is 16.1. The van der Waals surface area contributed by atoms with Gasteiger partial charge in [-0.3, -0.25) is 9.78 Å². The summed E-state index contributed by atoms with van der Waals surface area (Å²) in [4.78, 5) is 15.9. The summed E-state index contributed by atoms with van der Waals surface area (Å²) in [6, 6.07) is 3.71. The Morgan fingerprint density at radius 1 is 1.30 bits per heavy atom. The van der Waals surface area contributed by atoms with Crippen LogP contribution < -0.4 is 10.6 Å². The molecule has 2 heterocycles. The molecule has 0 saturated carbocycles. The quantitative estimate of drug-likeness (QED) is 0.738. The maximum absolute atomic E-state index is 11.9. The predicted octanol–water partition coefficient (Wildman–Crippen LogP) is 0.997. The van der Waals surface area contributed by atoms with Crippen LogP contribution in [0.2, 0.25) is 0 Å². The summed E-state index contributed by atoms with van der Waals surface area (Å²) in [5, 5.41) is 10.2. The van der Waals surface area contributed by atoms with Gasteiger partial charge in [-0.25, -0.2) is 4.68 Å². The number of hydrogen-bond acceptors (Lipinski definition) is 4. The van der Waals surface area contributed by atoms with Crippen molar-refractivity contribution in [3.63, 3.8) is 0 Å². The number of nitrogens with zero attached hydrogens (tertiary/aromatic N) is 3. The molecular weight excluding hydrogens is 254 g/mol. The normalized spacial score (nSPS) is 10.4.